The first-order chi connectivity index (χ1) is 21.6. The lowest BCUT2D eigenvalue weighted by Crippen LogP contribution is -2.45. The van der Waals surface area contributed by atoms with Crippen molar-refractivity contribution in [1.29, 1.82) is 0 Å². The molecule has 1 aromatic heterocycles. The molecule has 0 spiro atoms. The van der Waals surface area contributed by atoms with Crippen LogP contribution in [0.4, 0.5) is 13.2 Å². The molecule has 5 rings (SSSR count). The third-order valence-electron chi connectivity index (χ3n) is 9.10. The lowest BCUT2D eigenvalue weighted by atomic mass is 10.0. The van der Waals surface area contributed by atoms with E-state index < -0.39 is 21.8 Å². The van der Waals surface area contributed by atoms with Crippen molar-refractivity contribution in [1.82, 2.24) is 29.2 Å². The maximum absolute atomic E-state index is 14.0. The van der Waals surface area contributed by atoms with Crippen LogP contribution in [0.1, 0.15) is 69.7 Å². The summed E-state index contributed by atoms with van der Waals surface area (Å²) in [7, 11) is -3.46. The van der Waals surface area contributed by atoms with Crippen molar-refractivity contribution < 1.29 is 26.4 Å². The normalized spacial score (nSPS) is 19.3. The number of alkyl halides is 3. The molecule has 256 valence electrons. The number of aromatic nitrogens is 2. The minimum atomic E-state index is -4.50. The summed E-state index contributed by atoms with van der Waals surface area (Å²) in [4.78, 5) is 16.8. The summed E-state index contributed by atoms with van der Waals surface area (Å²) in [6.07, 6.45) is 1.60. The molecule has 4 heterocycles. The molecule has 46 heavy (non-hydrogen) atoms. The topological polar surface area (TPSA) is 90.8 Å². The summed E-state index contributed by atoms with van der Waals surface area (Å²) in [5.41, 5.74) is 1.99. The number of hydrogen-bond acceptors (Lipinski definition) is 7. The fourth-order valence-corrected chi connectivity index (χ4v) is 8.49. The Morgan fingerprint density at radius 2 is 1.78 bits per heavy atom. The van der Waals surface area contributed by atoms with Gasteiger partial charge in [0, 0.05) is 97.7 Å². The predicted octanol–water partition coefficient (Wildman–Crippen LogP) is 4.84. The summed E-state index contributed by atoms with van der Waals surface area (Å²) >= 11 is 1.16. The number of fused-ring (bicyclic) bond motifs is 1. The number of halogens is 3. The van der Waals surface area contributed by atoms with Gasteiger partial charge in [0.25, 0.3) is 0 Å². The van der Waals surface area contributed by atoms with Crippen molar-refractivity contribution in [3.63, 3.8) is 0 Å². The number of amides is 1. The maximum atomic E-state index is 14.0. The second-order valence-electron chi connectivity index (χ2n) is 13.7. The third-order valence-corrected chi connectivity index (χ3v) is 11.4. The van der Waals surface area contributed by atoms with E-state index in [9.17, 15) is 26.4 Å². The highest BCUT2D eigenvalue weighted by molar-refractivity contribution is 7.99. The Hall–Kier alpha value is -2.13. The van der Waals surface area contributed by atoms with Gasteiger partial charge in [-0.2, -0.15) is 22.6 Å². The van der Waals surface area contributed by atoms with Gasteiger partial charge in [0.2, 0.25) is 15.9 Å². The SMILES string of the molecule is CC(C)(C)NCCSc1cc(-c2nn(CCCN3CCC(N4CCCC4=O)CC3)c3c2CN(S(C)(=O)=O)CC3)ccc1C(F)(F)F. The van der Waals surface area contributed by atoms with Crippen molar-refractivity contribution in [3.05, 3.63) is 35.0 Å². The molecule has 3 aliphatic rings. The number of nitrogens with zero attached hydrogens (tertiary/aromatic N) is 5. The van der Waals surface area contributed by atoms with Crippen LogP contribution < -0.4 is 5.32 Å². The van der Waals surface area contributed by atoms with Gasteiger partial charge in [-0.15, -0.1) is 11.8 Å². The standard InChI is InChI=1S/C32H47F3N6O3S2/c1-31(2,3)36-13-20-45-28-21-23(8-9-26(28)32(33,34)35)30-25-22-39(46(4,43)44)19-12-27(25)41(37-30)16-6-14-38-17-10-24(11-18-38)40-15-5-7-29(40)42/h8-9,21,24,36H,5-7,10-20,22H2,1-4H3. The second kappa shape index (κ2) is 14.2. The highest BCUT2D eigenvalue weighted by atomic mass is 32.2. The molecule has 1 amide bonds. The lowest BCUT2D eigenvalue weighted by Gasteiger charge is -2.36. The van der Waals surface area contributed by atoms with Gasteiger partial charge in [-0.05, 0) is 65.1 Å². The minimum Gasteiger partial charge on any atom is -0.340 e. The number of hydrogen-bond donors (Lipinski definition) is 1. The van der Waals surface area contributed by atoms with E-state index >= 15 is 0 Å². The van der Waals surface area contributed by atoms with Crippen molar-refractivity contribution >= 4 is 27.7 Å². The number of carbonyl (C=O) groups is 1. The first-order valence-corrected chi connectivity index (χ1v) is 19.1. The highest BCUT2D eigenvalue weighted by Gasteiger charge is 2.35. The highest BCUT2D eigenvalue weighted by Crippen LogP contribution is 2.40. The van der Waals surface area contributed by atoms with Crippen LogP contribution in [0, 0.1) is 0 Å². The number of thioether (sulfide) groups is 1. The van der Waals surface area contributed by atoms with Crippen molar-refractivity contribution in [2.45, 2.75) is 95.0 Å². The monoisotopic (exact) mass is 684 g/mol. The number of carbonyl (C=O) groups excluding carboxylic acids is 1. The molecule has 1 N–H and O–H groups in total. The maximum Gasteiger partial charge on any atom is 0.417 e. The molecule has 3 aliphatic heterocycles. The van der Waals surface area contributed by atoms with Gasteiger partial charge >= 0.3 is 6.18 Å². The summed E-state index contributed by atoms with van der Waals surface area (Å²) in [5.74, 6) is 0.743. The number of aryl methyl sites for hydroxylation is 1. The Morgan fingerprint density at radius 3 is 2.41 bits per heavy atom. The summed E-state index contributed by atoms with van der Waals surface area (Å²) in [6.45, 7) is 11.3. The molecule has 0 radical (unpaired) electrons. The Labute approximate surface area is 275 Å². The van der Waals surface area contributed by atoms with Crippen LogP contribution in [-0.4, -0.2) is 101 Å². The molecular formula is C32H47F3N6O3S2. The van der Waals surface area contributed by atoms with Gasteiger partial charge in [0.05, 0.1) is 17.5 Å². The Morgan fingerprint density at radius 1 is 1.04 bits per heavy atom. The smallest absolute Gasteiger partial charge is 0.340 e. The fraction of sp³-hybridized carbons (Fsp3) is 0.688. The lowest BCUT2D eigenvalue weighted by molar-refractivity contribution is -0.139. The van der Waals surface area contributed by atoms with Gasteiger partial charge in [0.1, 0.15) is 0 Å². The molecule has 9 nitrogen and oxygen atoms in total. The molecule has 0 unspecified atom stereocenters. The van der Waals surface area contributed by atoms with E-state index in [0.29, 0.717) is 55.5 Å². The summed E-state index contributed by atoms with van der Waals surface area (Å²) < 4.78 is 70.4. The van der Waals surface area contributed by atoms with Crippen LogP contribution in [0.3, 0.4) is 0 Å². The molecule has 0 atom stereocenters. The predicted molar refractivity (Wildman–Crippen MR) is 175 cm³/mol. The van der Waals surface area contributed by atoms with E-state index in [-0.39, 0.29) is 22.9 Å². The van der Waals surface area contributed by atoms with E-state index in [2.05, 4.69) is 15.1 Å². The molecule has 2 fully saturated rings. The van der Waals surface area contributed by atoms with Crippen LogP contribution in [-0.2, 0) is 40.5 Å². The largest absolute Gasteiger partial charge is 0.417 e. The van der Waals surface area contributed by atoms with E-state index in [1.807, 2.05) is 25.5 Å². The fourth-order valence-electron chi connectivity index (χ4n) is 6.73. The molecule has 1 aromatic carbocycles. The van der Waals surface area contributed by atoms with E-state index in [1.54, 1.807) is 6.07 Å². The number of nitrogens with one attached hydrogen (secondary N) is 1. The van der Waals surface area contributed by atoms with E-state index in [4.69, 9.17) is 5.10 Å². The van der Waals surface area contributed by atoms with Crippen LogP contribution in [0.25, 0.3) is 11.3 Å². The van der Waals surface area contributed by atoms with Crippen LogP contribution in [0.5, 0.6) is 0 Å². The summed E-state index contributed by atoms with van der Waals surface area (Å²) in [5, 5.41) is 8.25. The van der Waals surface area contributed by atoms with Crippen molar-refractivity contribution in [2.24, 2.45) is 0 Å². The van der Waals surface area contributed by atoms with Crippen LogP contribution in [0.2, 0.25) is 0 Å². The molecule has 0 aliphatic carbocycles. The third kappa shape index (κ3) is 8.66. The molecule has 0 saturated carbocycles. The second-order valence-corrected chi connectivity index (χ2v) is 16.8. The Kier molecular flexibility index (Phi) is 10.8. The number of rotatable bonds is 11. The quantitative estimate of drug-likeness (QED) is 0.268. The minimum absolute atomic E-state index is 0.138. The van der Waals surface area contributed by atoms with Crippen molar-refractivity contribution in [3.8, 4) is 11.3 Å². The number of benzene rings is 1. The van der Waals surface area contributed by atoms with Gasteiger partial charge in [-0.1, -0.05) is 6.07 Å². The number of sulfonamides is 1. The number of likely N-dealkylation sites (tertiary alicyclic amines) is 2. The van der Waals surface area contributed by atoms with Gasteiger partial charge < -0.3 is 15.1 Å². The van der Waals surface area contributed by atoms with Crippen LogP contribution in [0.15, 0.2) is 23.1 Å². The average Bonchev–Trinajstić information content (AvgIpc) is 3.57. The van der Waals surface area contributed by atoms with E-state index in [0.717, 1.165) is 80.9 Å². The molecule has 14 heteroatoms. The molecule has 2 aromatic rings. The van der Waals surface area contributed by atoms with Crippen molar-refractivity contribution in [2.75, 3.05) is 51.3 Å². The zero-order valence-electron chi connectivity index (χ0n) is 27.3. The first-order valence-electron chi connectivity index (χ1n) is 16.2. The van der Waals surface area contributed by atoms with Gasteiger partial charge in [-0.3, -0.25) is 9.48 Å². The van der Waals surface area contributed by atoms with Gasteiger partial charge in [-0.25, -0.2) is 8.42 Å². The number of piperidine rings is 1. The molecule has 2 saturated heterocycles. The Balaban J connectivity index is 1.33. The van der Waals surface area contributed by atoms with E-state index in [1.165, 1.54) is 16.6 Å². The summed E-state index contributed by atoms with van der Waals surface area (Å²) in [6, 6.07) is 4.48. The zero-order chi connectivity index (χ0) is 33.3. The average molecular weight is 685 g/mol. The van der Waals surface area contributed by atoms with Gasteiger partial charge in [0.15, 0.2) is 0 Å². The molecule has 0 bridgehead atoms. The zero-order valence-corrected chi connectivity index (χ0v) is 29.0. The first kappa shape index (κ1) is 35.2. The van der Waals surface area contributed by atoms with Crippen LogP contribution >= 0.6 is 11.8 Å². The Bertz CT molecular complexity index is 1500. The molecular weight excluding hydrogens is 638 g/mol.